The first-order valence-electron chi connectivity index (χ1n) is 6.33. The van der Waals surface area contributed by atoms with Gasteiger partial charge in [-0.1, -0.05) is 17.7 Å². The van der Waals surface area contributed by atoms with E-state index in [-0.39, 0.29) is 11.6 Å². The summed E-state index contributed by atoms with van der Waals surface area (Å²) < 4.78 is 0. The number of imide groups is 1. The third-order valence-electron chi connectivity index (χ3n) is 2.71. The summed E-state index contributed by atoms with van der Waals surface area (Å²) in [5, 5.41) is 0.354. The van der Waals surface area contributed by atoms with Gasteiger partial charge in [0.25, 0.3) is 0 Å². The molecule has 0 bridgehead atoms. The Hall–Kier alpha value is -2.01. The molecule has 0 aliphatic carbocycles. The maximum atomic E-state index is 12.2. The van der Waals surface area contributed by atoms with Gasteiger partial charge in [0.15, 0.2) is 0 Å². The van der Waals surface area contributed by atoms with Crippen LogP contribution in [-0.2, 0) is 19.2 Å². The summed E-state index contributed by atoms with van der Waals surface area (Å²) in [6.45, 7) is 4.23. The summed E-state index contributed by atoms with van der Waals surface area (Å²) in [5.41, 5.74) is 0.938. The molecule has 1 aromatic carbocycles. The molecule has 0 saturated carbocycles. The van der Waals surface area contributed by atoms with Crippen molar-refractivity contribution in [3.63, 3.8) is 0 Å². The zero-order valence-corrected chi connectivity index (χ0v) is 12.9. The fraction of sp³-hybridized carbons (Fsp3) is 0.333. The molecule has 6 heteroatoms. The van der Waals surface area contributed by atoms with Gasteiger partial charge in [-0.2, -0.15) is 0 Å². The van der Waals surface area contributed by atoms with E-state index in [0.717, 1.165) is 4.90 Å². The molecule has 0 unspecified atom stereocenters. The van der Waals surface area contributed by atoms with Crippen molar-refractivity contribution in [1.82, 2.24) is 0 Å². The maximum absolute atomic E-state index is 12.2. The predicted molar refractivity (Wildman–Crippen MR) is 79.3 cm³/mol. The van der Waals surface area contributed by atoms with Crippen LogP contribution in [0.4, 0.5) is 5.69 Å². The zero-order valence-electron chi connectivity index (χ0n) is 12.1. The fourth-order valence-corrected chi connectivity index (χ4v) is 1.98. The van der Waals surface area contributed by atoms with Crippen LogP contribution in [0, 0.1) is 6.92 Å². The Morgan fingerprint density at radius 2 is 1.48 bits per heavy atom. The van der Waals surface area contributed by atoms with Crippen molar-refractivity contribution in [2.75, 3.05) is 4.90 Å². The lowest BCUT2D eigenvalue weighted by Crippen LogP contribution is -2.39. The molecule has 0 aromatic heterocycles. The molecule has 1 aromatic rings. The Morgan fingerprint density at radius 3 is 1.90 bits per heavy atom. The molecule has 5 nitrogen and oxygen atoms in total. The van der Waals surface area contributed by atoms with Gasteiger partial charge in [0.2, 0.25) is 11.8 Å². The molecule has 0 spiro atoms. The third kappa shape index (κ3) is 4.79. The standard InChI is InChI=1S/C15H16ClNO4/c1-9-4-5-12(16)8-13(9)17(14(20)6-10(2)18)15(21)7-11(3)19/h4-5,8H,6-7H2,1-3H3. The number of hydrogen-bond acceptors (Lipinski definition) is 4. The van der Waals surface area contributed by atoms with Gasteiger partial charge >= 0.3 is 0 Å². The lowest BCUT2D eigenvalue weighted by atomic mass is 10.1. The summed E-state index contributed by atoms with van der Waals surface area (Å²) in [5.74, 6) is -2.06. The number of carbonyl (C=O) groups excluding carboxylic acids is 4. The molecule has 0 fully saturated rings. The highest BCUT2D eigenvalue weighted by Crippen LogP contribution is 2.25. The largest absolute Gasteiger partial charge is 0.299 e. The van der Waals surface area contributed by atoms with E-state index < -0.39 is 24.7 Å². The van der Waals surface area contributed by atoms with Crippen LogP contribution >= 0.6 is 11.6 Å². The number of carbonyl (C=O) groups is 4. The lowest BCUT2D eigenvalue weighted by Gasteiger charge is -2.22. The molecule has 0 N–H and O–H groups in total. The average molecular weight is 310 g/mol. The molecule has 1 rings (SSSR count). The van der Waals surface area contributed by atoms with Crippen LogP contribution in [0.15, 0.2) is 18.2 Å². The molecule has 0 aliphatic rings. The number of amides is 2. The first-order valence-corrected chi connectivity index (χ1v) is 6.71. The van der Waals surface area contributed by atoms with Gasteiger partial charge < -0.3 is 0 Å². The van der Waals surface area contributed by atoms with Crippen LogP contribution in [0.2, 0.25) is 5.02 Å². The minimum atomic E-state index is -0.667. The second-order valence-electron chi connectivity index (χ2n) is 4.81. The van der Waals surface area contributed by atoms with Crippen molar-refractivity contribution >= 4 is 40.7 Å². The van der Waals surface area contributed by atoms with E-state index in [1.807, 2.05) is 0 Å². The van der Waals surface area contributed by atoms with E-state index >= 15 is 0 Å². The van der Waals surface area contributed by atoms with Crippen LogP contribution in [0.5, 0.6) is 0 Å². The number of nitrogens with zero attached hydrogens (tertiary/aromatic N) is 1. The van der Waals surface area contributed by atoms with E-state index in [9.17, 15) is 19.2 Å². The number of rotatable bonds is 5. The van der Waals surface area contributed by atoms with Gasteiger partial charge in [0.05, 0.1) is 18.5 Å². The number of aryl methyl sites for hydroxylation is 1. The highest BCUT2D eigenvalue weighted by molar-refractivity contribution is 6.31. The highest BCUT2D eigenvalue weighted by atomic mass is 35.5. The maximum Gasteiger partial charge on any atom is 0.241 e. The molecule has 0 aliphatic heterocycles. The minimum Gasteiger partial charge on any atom is -0.299 e. The lowest BCUT2D eigenvalue weighted by molar-refractivity contribution is -0.130. The van der Waals surface area contributed by atoms with Crippen LogP contribution in [-0.4, -0.2) is 23.4 Å². The number of hydrogen-bond donors (Lipinski definition) is 0. The number of benzene rings is 1. The van der Waals surface area contributed by atoms with Gasteiger partial charge in [-0.05, 0) is 38.5 Å². The Kier molecular flexibility index (Phi) is 5.79. The summed E-state index contributed by atoms with van der Waals surface area (Å²) in [7, 11) is 0. The predicted octanol–water partition coefficient (Wildman–Crippen LogP) is 2.47. The van der Waals surface area contributed by atoms with Crippen molar-refractivity contribution < 1.29 is 19.2 Å². The Morgan fingerprint density at radius 1 is 1.00 bits per heavy atom. The molecular weight excluding hydrogens is 294 g/mol. The topological polar surface area (TPSA) is 71.5 Å². The number of halogens is 1. The molecule has 0 radical (unpaired) electrons. The molecule has 2 amide bonds. The van der Waals surface area contributed by atoms with E-state index in [2.05, 4.69) is 0 Å². The summed E-state index contributed by atoms with van der Waals surface area (Å²) in [6.07, 6.45) is -0.814. The summed E-state index contributed by atoms with van der Waals surface area (Å²) in [6, 6.07) is 4.75. The number of anilines is 1. The SMILES string of the molecule is CC(=O)CC(=O)N(C(=O)CC(C)=O)c1cc(Cl)ccc1C. The quantitative estimate of drug-likeness (QED) is 0.783. The van der Waals surface area contributed by atoms with Gasteiger partial charge in [-0.15, -0.1) is 0 Å². The molecule has 21 heavy (non-hydrogen) atoms. The van der Waals surface area contributed by atoms with Crippen molar-refractivity contribution in [3.8, 4) is 0 Å². The fourth-order valence-electron chi connectivity index (χ4n) is 1.82. The average Bonchev–Trinajstić information content (AvgIpc) is 2.31. The normalized spacial score (nSPS) is 10.1. The van der Waals surface area contributed by atoms with Crippen LogP contribution < -0.4 is 4.90 Å². The van der Waals surface area contributed by atoms with Crippen LogP contribution in [0.25, 0.3) is 0 Å². The van der Waals surface area contributed by atoms with Crippen LogP contribution in [0.3, 0.4) is 0 Å². The second-order valence-corrected chi connectivity index (χ2v) is 5.25. The van der Waals surface area contributed by atoms with Crippen molar-refractivity contribution in [2.24, 2.45) is 0 Å². The number of ketones is 2. The van der Waals surface area contributed by atoms with Gasteiger partial charge in [-0.25, -0.2) is 4.90 Å². The first kappa shape index (κ1) is 17.0. The summed E-state index contributed by atoms with van der Waals surface area (Å²) in [4.78, 5) is 47.5. The van der Waals surface area contributed by atoms with E-state index in [4.69, 9.17) is 11.6 Å². The Bertz CT molecular complexity index is 582. The second kappa shape index (κ2) is 7.13. The number of Topliss-reactive ketones (excluding diaryl/α,β-unsaturated/α-hetero) is 2. The minimum absolute atomic E-state index is 0.292. The van der Waals surface area contributed by atoms with E-state index in [0.29, 0.717) is 16.3 Å². The smallest absolute Gasteiger partial charge is 0.241 e. The molecule has 0 heterocycles. The van der Waals surface area contributed by atoms with Gasteiger partial charge in [-0.3, -0.25) is 19.2 Å². The van der Waals surface area contributed by atoms with Gasteiger partial charge in [0.1, 0.15) is 11.6 Å². The van der Waals surface area contributed by atoms with Crippen molar-refractivity contribution in [3.05, 3.63) is 28.8 Å². The Labute approximate surface area is 127 Å². The third-order valence-corrected chi connectivity index (χ3v) is 2.95. The molecule has 112 valence electrons. The zero-order chi connectivity index (χ0) is 16.2. The highest BCUT2D eigenvalue weighted by Gasteiger charge is 2.26. The van der Waals surface area contributed by atoms with E-state index in [1.54, 1.807) is 19.1 Å². The van der Waals surface area contributed by atoms with Gasteiger partial charge in [0, 0.05) is 5.02 Å². The monoisotopic (exact) mass is 309 g/mol. The molecule has 0 saturated heterocycles. The first-order chi connectivity index (χ1) is 9.72. The Balaban J connectivity index is 3.26. The summed E-state index contributed by atoms with van der Waals surface area (Å²) >= 11 is 5.90. The molecular formula is C15H16ClNO4. The van der Waals surface area contributed by atoms with E-state index in [1.165, 1.54) is 19.9 Å². The van der Waals surface area contributed by atoms with Crippen molar-refractivity contribution in [2.45, 2.75) is 33.6 Å². The van der Waals surface area contributed by atoms with Crippen LogP contribution in [0.1, 0.15) is 32.3 Å². The molecule has 0 atom stereocenters. The van der Waals surface area contributed by atoms with Crippen molar-refractivity contribution in [1.29, 1.82) is 0 Å².